The highest BCUT2D eigenvalue weighted by Gasteiger charge is 2.04. The molecule has 0 saturated carbocycles. The van der Waals surface area contributed by atoms with E-state index < -0.39 is 0 Å². The molecule has 0 amide bonds. The Bertz CT molecular complexity index is 555. The summed E-state index contributed by atoms with van der Waals surface area (Å²) in [5, 5.41) is 9.65. The Morgan fingerprint density at radius 2 is 2.17 bits per heavy atom. The summed E-state index contributed by atoms with van der Waals surface area (Å²) in [6, 6.07) is 7.40. The third kappa shape index (κ3) is 2.74. The van der Waals surface area contributed by atoms with Gasteiger partial charge in [0.1, 0.15) is 0 Å². The first-order valence-corrected chi connectivity index (χ1v) is 5.85. The van der Waals surface area contributed by atoms with E-state index in [1.807, 2.05) is 24.4 Å². The second-order valence-electron chi connectivity index (χ2n) is 4.19. The molecular weight excluding hydrogens is 226 g/mol. The van der Waals surface area contributed by atoms with Crippen LogP contribution in [0.1, 0.15) is 11.1 Å². The lowest BCUT2D eigenvalue weighted by Gasteiger charge is -2.06. The zero-order valence-corrected chi connectivity index (χ0v) is 10.6. The molecule has 0 aliphatic carbocycles. The average Bonchev–Trinajstić information content (AvgIpc) is 2.75. The largest absolute Gasteiger partial charge is 0.504 e. The third-order valence-corrected chi connectivity index (χ3v) is 2.74. The maximum Gasteiger partial charge on any atom is 0.167 e. The number of phenolic OH excluding ortho intramolecular Hbond substituents is 1. The van der Waals surface area contributed by atoms with Crippen LogP contribution < -0.4 is 4.74 Å². The molecule has 1 heterocycles. The van der Waals surface area contributed by atoms with Crippen LogP contribution in [-0.4, -0.2) is 16.8 Å². The standard InChI is InChI=1S/C15H17NO2/c1-12-8-10-16(11-12)9-4-6-13-5-3-7-14(17)15(13)18-2/h3-8,10-11,17H,9H2,1-2H3/b6-4+. The lowest BCUT2D eigenvalue weighted by molar-refractivity contribution is 0.372. The summed E-state index contributed by atoms with van der Waals surface area (Å²) in [5.74, 6) is 0.675. The van der Waals surface area contributed by atoms with Gasteiger partial charge in [0.2, 0.25) is 0 Å². The average molecular weight is 243 g/mol. The van der Waals surface area contributed by atoms with Gasteiger partial charge in [-0.1, -0.05) is 24.3 Å². The summed E-state index contributed by atoms with van der Waals surface area (Å²) in [6.45, 7) is 2.87. The number of rotatable bonds is 4. The molecule has 0 fully saturated rings. The zero-order chi connectivity index (χ0) is 13.0. The van der Waals surface area contributed by atoms with Crippen molar-refractivity contribution in [3.05, 3.63) is 53.9 Å². The lowest BCUT2D eigenvalue weighted by atomic mass is 10.1. The summed E-state index contributed by atoms with van der Waals surface area (Å²) in [7, 11) is 1.56. The van der Waals surface area contributed by atoms with E-state index in [9.17, 15) is 5.11 Å². The first-order valence-electron chi connectivity index (χ1n) is 5.85. The molecule has 0 saturated heterocycles. The molecule has 1 N–H and O–H groups in total. The van der Waals surface area contributed by atoms with Crippen molar-refractivity contribution in [3.8, 4) is 11.5 Å². The van der Waals surface area contributed by atoms with Gasteiger partial charge in [-0.05, 0) is 24.6 Å². The van der Waals surface area contributed by atoms with Crippen LogP contribution in [0.3, 0.4) is 0 Å². The van der Waals surface area contributed by atoms with Gasteiger partial charge < -0.3 is 14.4 Å². The maximum atomic E-state index is 9.65. The zero-order valence-electron chi connectivity index (χ0n) is 10.6. The van der Waals surface area contributed by atoms with Gasteiger partial charge in [-0.15, -0.1) is 0 Å². The highest BCUT2D eigenvalue weighted by molar-refractivity contribution is 5.61. The molecular formula is C15H17NO2. The maximum absolute atomic E-state index is 9.65. The number of aryl methyl sites for hydroxylation is 1. The fraction of sp³-hybridized carbons (Fsp3) is 0.200. The van der Waals surface area contributed by atoms with E-state index in [0.717, 1.165) is 12.1 Å². The number of methoxy groups -OCH3 is 1. The second-order valence-corrected chi connectivity index (χ2v) is 4.19. The molecule has 2 rings (SSSR count). The van der Waals surface area contributed by atoms with Crippen molar-refractivity contribution < 1.29 is 9.84 Å². The topological polar surface area (TPSA) is 34.4 Å². The number of nitrogens with zero attached hydrogens (tertiary/aromatic N) is 1. The van der Waals surface area contributed by atoms with Crippen LogP contribution in [0.5, 0.6) is 11.5 Å². The summed E-state index contributed by atoms with van der Waals surface area (Å²) in [6.07, 6.45) is 8.12. The van der Waals surface area contributed by atoms with Gasteiger partial charge in [0.05, 0.1) is 7.11 Å². The molecule has 94 valence electrons. The van der Waals surface area contributed by atoms with Gasteiger partial charge >= 0.3 is 0 Å². The normalized spacial score (nSPS) is 11.0. The Labute approximate surface area is 107 Å². The summed E-state index contributed by atoms with van der Waals surface area (Å²) >= 11 is 0. The number of aromatic hydroxyl groups is 1. The Balaban J connectivity index is 2.11. The number of benzene rings is 1. The number of ether oxygens (including phenoxy) is 1. The predicted molar refractivity (Wildman–Crippen MR) is 72.9 cm³/mol. The molecule has 0 bridgehead atoms. The van der Waals surface area contributed by atoms with Crippen molar-refractivity contribution in [1.82, 2.24) is 4.57 Å². The quantitative estimate of drug-likeness (QED) is 0.894. The highest BCUT2D eigenvalue weighted by Crippen LogP contribution is 2.30. The number of hydrogen-bond acceptors (Lipinski definition) is 2. The van der Waals surface area contributed by atoms with E-state index >= 15 is 0 Å². The van der Waals surface area contributed by atoms with Crippen LogP contribution in [0.4, 0.5) is 0 Å². The summed E-state index contributed by atoms with van der Waals surface area (Å²) in [5.41, 5.74) is 2.12. The molecule has 0 aliphatic heterocycles. The minimum atomic E-state index is 0.163. The SMILES string of the molecule is COc1c(O)cccc1/C=C/Cn1ccc(C)c1. The monoisotopic (exact) mass is 243 g/mol. The van der Waals surface area contributed by atoms with Crippen LogP contribution >= 0.6 is 0 Å². The molecule has 0 unspecified atom stereocenters. The number of hydrogen-bond donors (Lipinski definition) is 1. The van der Waals surface area contributed by atoms with Crippen molar-refractivity contribution in [2.45, 2.75) is 13.5 Å². The fourth-order valence-corrected chi connectivity index (χ4v) is 1.87. The molecule has 0 radical (unpaired) electrons. The first kappa shape index (κ1) is 12.3. The van der Waals surface area contributed by atoms with Crippen LogP contribution in [0.2, 0.25) is 0 Å². The van der Waals surface area contributed by atoms with Gasteiger partial charge in [0, 0.05) is 24.5 Å². The number of aromatic nitrogens is 1. The van der Waals surface area contributed by atoms with E-state index in [2.05, 4.69) is 23.8 Å². The number of allylic oxidation sites excluding steroid dienone is 1. The Hall–Kier alpha value is -2.16. The fourth-order valence-electron chi connectivity index (χ4n) is 1.87. The molecule has 0 aliphatic rings. The van der Waals surface area contributed by atoms with E-state index in [0.29, 0.717) is 5.75 Å². The van der Waals surface area contributed by atoms with Crippen molar-refractivity contribution >= 4 is 6.08 Å². The first-order chi connectivity index (χ1) is 8.70. The predicted octanol–water partition coefficient (Wildman–Crippen LogP) is 3.22. The van der Waals surface area contributed by atoms with Crippen molar-refractivity contribution in [2.75, 3.05) is 7.11 Å². The van der Waals surface area contributed by atoms with Gasteiger partial charge in [-0.3, -0.25) is 0 Å². The Morgan fingerprint density at radius 1 is 1.33 bits per heavy atom. The molecule has 1 aromatic carbocycles. The number of phenols is 1. The van der Waals surface area contributed by atoms with E-state index in [1.165, 1.54) is 5.56 Å². The second kappa shape index (κ2) is 5.45. The van der Waals surface area contributed by atoms with Gasteiger partial charge in [0.25, 0.3) is 0 Å². The van der Waals surface area contributed by atoms with Crippen LogP contribution in [-0.2, 0) is 6.54 Å². The third-order valence-electron chi connectivity index (χ3n) is 2.74. The van der Waals surface area contributed by atoms with Gasteiger partial charge in [0.15, 0.2) is 11.5 Å². The van der Waals surface area contributed by atoms with Crippen molar-refractivity contribution in [1.29, 1.82) is 0 Å². The summed E-state index contributed by atoms with van der Waals surface area (Å²) < 4.78 is 7.27. The highest BCUT2D eigenvalue weighted by atomic mass is 16.5. The van der Waals surface area contributed by atoms with Crippen molar-refractivity contribution in [2.24, 2.45) is 0 Å². The molecule has 1 aromatic heterocycles. The minimum Gasteiger partial charge on any atom is -0.504 e. The summed E-state index contributed by atoms with van der Waals surface area (Å²) in [4.78, 5) is 0. The lowest BCUT2D eigenvalue weighted by Crippen LogP contribution is -1.90. The molecule has 0 spiro atoms. The van der Waals surface area contributed by atoms with E-state index in [1.54, 1.807) is 19.2 Å². The minimum absolute atomic E-state index is 0.163. The van der Waals surface area contributed by atoms with E-state index in [4.69, 9.17) is 4.74 Å². The molecule has 3 nitrogen and oxygen atoms in total. The number of para-hydroxylation sites is 1. The molecule has 3 heteroatoms. The van der Waals surface area contributed by atoms with E-state index in [-0.39, 0.29) is 5.75 Å². The molecule has 0 atom stereocenters. The van der Waals surface area contributed by atoms with Crippen LogP contribution in [0.15, 0.2) is 42.7 Å². The Morgan fingerprint density at radius 3 is 2.83 bits per heavy atom. The molecule has 18 heavy (non-hydrogen) atoms. The van der Waals surface area contributed by atoms with Gasteiger partial charge in [-0.25, -0.2) is 0 Å². The van der Waals surface area contributed by atoms with Crippen molar-refractivity contribution in [3.63, 3.8) is 0 Å². The van der Waals surface area contributed by atoms with Crippen LogP contribution in [0.25, 0.3) is 6.08 Å². The molecule has 2 aromatic rings. The Kier molecular flexibility index (Phi) is 3.72. The smallest absolute Gasteiger partial charge is 0.167 e. The van der Waals surface area contributed by atoms with Gasteiger partial charge in [-0.2, -0.15) is 0 Å². The van der Waals surface area contributed by atoms with Crippen LogP contribution in [0, 0.1) is 6.92 Å².